The zero-order chi connectivity index (χ0) is 20.2. The van der Waals surface area contributed by atoms with Crippen molar-refractivity contribution in [1.29, 1.82) is 0 Å². The summed E-state index contributed by atoms with van der Waals surface area (Å²) in [6, 6.07) is 8.72. The van der Waals surface area contributed by atoms with Crippen molar-refractivity contribution in [3.63, 3.8) is 0 Å². The summed E-state index contributed by atoms with van der Waals surface area (Å²) in [4.78, 5) is 4.72. The smallest absolute Gasteiger partial charge is 0.266 e. The summed E-state index contributed by atoms with van der Waals surface area (Å²) >= 11 is 6.43. The zero-order valence-corrected chi connectivity index (χ0v) is 17.7. The Bertz CT molecular complexity index is 1160. The molecule has 0 N–H and O–H groups in total. The van der Waals surface area contributed by atoms with Crippen molar-refractivity contribution in [3.05, 3.63) is 52.8 Å². The minimum absolute atomic E-state index is 0.183. The SMILES string of the molecule is Cc1ccc(S(=O)(=O)OCC2CC(n3nc(C4CC4)c4c(Cl)ccnc43)C2)cc1. The molecule has 29 heavy (non-hydrogen) atoms. The molecule has 0 spiro atoms. The van der Waals surface area contributed by atoms with E-state index in [2.05, 4.69) is 4.98 Å². The largest absolute Gasteiger partial charge is 0.296 e. The van der Waals surface area contributed by atoms with Crippen LogP contribution in [0.2, 0.25) is 5.02 Å². The van der Waals surface area contributed by atoms with Crippen molar-refractivity contribution < 1.29 is 12.6 Å². The molecule has 0 bridgehead atoms. The number of aromatic nitrogens is 3. The second-order valence-electron chi connectivity index (χ2n) is 8.14. The monoisotopic (exact) mass is 431 g/mol. The van der Waals surface area contributed by atoms with Crippen molar-refractivity contribution in [3.8, 4) is 0 Å². The van der Waals surface area contributed by atoms with Gasteiger partial charge in [0.15, 0.2) is 5.65 Å². The zero-order valence-electron chi connectivity index (χ0n) is 16.1. The Morgan fingerprint density at radius 1 is 1.17 bits per heavy atom. The average molecular weight is 432 g/mol. The molecule has 0 saturated heterocycles. The van der Waals surface area contributed by atoms with Crippen LogP contribution in [-0.2, 0) is 14.3 Å². The van der Waals surface area contributed by atoms with E-state index in [1.807, 2.05) is 17.7 Å². The normalized spacial score (nSPS) is 22.0. The molecule has 2 aliphatic carbocycles. The third kappa shape index (κ3) is 3.56. The molecule has 6 nitrogen and oxygen atoms in total. The van der Waals surface area contributed by atoms with Gasteiger partial charge in [0.1, 0.15) is 0 Å². The molecule has 0 atom stereocenters. The highest BCUT2D eigenvalue weighted by Gasteiger charge is 2.37. The van der Waals surface area contributed by atoms with Gasteiger partial charge in [0.05, 0.1) is 33.6 Å². The van der Waals surface area contributed by atoms with Crippen molar-refractivity contribution in [2.45, 2.75) is 49.5 Å². The van der Waals surface area contributed by atoms with Gasteiger partial charge in [-0.05, 0) is 56.7 Å². The summed E-state index contributed by atoms with van der Waals surface area (Å²) in [5.74, 6) is 0.669. The molecule has 2 aromatic heterocycles. The third-order valence-electron chi connectivity index (χ3n) is 5.86. The first-order chi connectivity index (χ1) is 13.9. The van der Waals surface area contributed by atoms with Crippen LogP contribution in [0.5, 0.6) is 0 Å². The molecule has 2 heterocycles. The molecule has 2 fully saturated rings. The maximum absolute atomic E-state index is 12.4. The van der Waals surface area contributed by atoms with Gasteiger partial charge in [-0.15, -0.1) is 0 Å². The van der Waals surface area contributed by atoms with E-state index in [4.69, 9.17) is 20.9 Å². The highest BCUT2D eigenvalue weighted by atomic mass is 35.5. The number of benzene rings is 1. The highest BCUT2D eigenvalue weighted by Crippen LogP contribution is 2.46. The van der Waals surface area contributed by atoms with Gasteiger partial charge >= 0.3 is 0 Å². The molecule has 3 aromatic rings. The maximum Gasteiger partial charge on any atom is 0.296 e. The fourth-order valence-electron chi connectivity index (χ4n) is 3.94. The van der Waals surface area contributed by atoms with E-state index in [9.17, 15) is 8.42 Å². The number of halogens is 1. The molecule has 8 heteroatoms. The molecule has 0 radical (unpaired) electrons. The first-order valence-electron chi connectivity index (χ1n) is 9.91. The predicted octanol–water partition coefficient (Wildman–Crippen LogP) is 4.63. The van der Waals surface area contributed by atoms with Gasteiger partial charge in [0, 0.05) is 12.1 Å². The van der Waals surface area contributed by atoms with Gasteiger partial charge in [0.2, 0.25) is 0 Å². The van der Waals surface area contributed by atoms with E-state index < -0.39 is 10.1 Å². The summed E-state index contributed by atoms with van der Waals surface area (Å²) in [7, 11) is -3.72. The van der Waals surface area contributed by atoms with E-state index >= 15 is 0 Å². The Hall–Kier alpha value is -1.96. The topological polar surface area (TPSA) is 74.1 Å². The fourth-order valence-corrected chi connectivity index (χ4v) is 5.16. The summed E-state index contributed by atoms with van der Waals surface area (Å²) in [5.41, 5.74) is 2.90. The van der Waals surface area contributed by atoms with E-state index in [1.54, 1.807) is 30.5 Å². The van der Waals surface area contributed by atoms with Crippen LogP contribution in [0.25, 0.3) is 11.0 Å². The lowest BCUT2D eigenvalue weighted by Crippen LogP contribution is -2.31. The summed E-state index contributed by atoms with van der Waals surface area (Å²) in [6.45, 7) is 2.11. The number of hydrogen-bond donors (Lipinski definition) is 0. The van der Waals surface area contributed by atoms with Crippen molar-refractivity contribution >= 4 is 32.8 Å². The van der Waals surface area contributed by atoms with Crippen LogP contribution in [-0.4, -0.2) is 29.8 Å². The van der Waals surface area contributed by atoms with E-state index in [0.717, 1.165) is 48.0 Å². The van der Waals surface area contributed by atoms with Gasteiger partial charge < -0.3 is 0 Å². The van der Waals surface area contributed by atoms with Crippen molar-refractivity contribution in [2.75, 3.05) is 6.61 Å². The first kappa shape index (κ1) is 19.0. The van der Waals surface area contributed by atoms with Crippen LogP contribution in [0.4, 0.5) is 0 Å². The van der Waals surface area contributed by atoms with Crippen LogP contribution in [0, 0.1) is 12.8 Å². The number of fused-ring (bicyclic) bond motifs is 1. The molecule has 2 saturated carbocycles. The van der Waals surface area contributed by atoms with Gasteiger partial charge in [-0.2, -0.15) is 13.5 Å². The molecule has 0 aliphatic heterocycles. The number of aryl methyl sites for hydroxylation is 1. The lowest BCUT2D eigenvalue weighted by atomic mass is 9.81. The van der Waals surface area contributed by atoms with Crippen molar-refractivity contribution in [1.82, 2.24) is 14.8 Å². The maximum atomic E-state index is 12.4. The minimum Gasteiger partial charge on any atom is -0.266 e. The third-order valence-corrected chi connectivity index (χ3v) is 7.47. The Kier molecular flexibility index (Phi) is 4.64. The summed E-state index contributed by atoms with van der Waals surface area (Å²) in [5, 5.41) is 6.52. The van der Waals surface area contributed by atoms with Crippen LogP contribution in [0.1, 0.15) is 48.9 Å². The Balaban J connectivity index is 1.27. The Labute approximate surface area is 175 Å². The number of rotatable bonds is 6. The van der Waals surface area contributed by atoms with E-state index in [-0.39, 0.29) is 23.5 Å². The summed E-state index contributed by atoms with van der Waals surface area (Å²) < 4.78 is 32.0. The van der Waals surface area contributed by atoms with E-state index in [1.165, 1.54) is 0 Å². The van der Waals surface area contributed by atoms with Crippen LogP contribution in [0.15, 0.2) is 41.4 Å². The fraction of sp³-hybridized carbons (Fsp3) is 0.429. The molecule has 152 valence electrons. The molecule has 2 aliphatic rings. The van der Waals surface area contributed by atoms with Gasteiger partial charge in [-0.3, -0.25) is 4.18 Å². The molecular weight excluding hydrogens is 410 g/mol. The first-order valence-corrected chi connectivity index (χ1v) is 11.7. The quantitative estimate of drug-likeness (QED) is 0.532. The number of hydrogen-bond acceptors (Lipinski definition) is 5. The van der Waals surface area contributed by atoms with Crippen LogP contribution >= 0.6 is 11.6 Å². The summed E-state index contributed by atoms with van der Waals surface area (Å²) in [6.07, 6.45) is 5.65. The Morgan fingerprint density at radius 3 is 2.59 bits per heavy atom. The lowest BCUT2D eigenvalue weighted by Gasteiger charge is -2.35. The van der Waals surface area contributed by atoms with Crippen LogP contribution in [0.3, 0.4) is 0 Å². The lowest BCUT2D eigenvalue weighted by molar-refractivity contribution is 0.123. The second-order valence-corrected chi connectivity index (χ2v) is 10.2. The van der Waals surface area contributed by atoms with Gasteiger partial charge in [-0.1, -0.05) is 29.3 Å². The van der Waals surface area contributed by atoms with E-state index in [0.29, 0.717) is 10.9 Å². The number of pyridine rings is 1. The van der Waals surface area contributed by atoms with Gasteiger partial charge in [0.25, 0.3) is 10.1 Å². The Morgan fingerprint density at radius 2 is 1.90 bits per heavy atom. The minimum atomic E-state index is -3.72. The molecular formula is C21H22ClN3O3S. The molecule has 0 unspecified atom stereocenters. The average Bonchev–Trinajstić information content (AvgIpc) is 3.43. The highest BCUT2D eigenvalue weighted by molar-refractivity contribution is 7.86. The number of nitrogens with zero attached hydrogens (tertiary/aromatic N) is 3. The second kappa shape index (κ2) is 7.07. The van der Waals surface area contributed by atoms with Crippen molar-refractivity contribution in [2.24, 2.45) is 5.92 Å². The standard InChI is InChI=1S/C21H22ClN3O3S/c1-13-2-6-17(7-3-13)29(26,27)28-12-14-10-16(11-14)25-21-19(18(22)8-9-23-21)20(24-25)15-4-5-15/h2-3,6-9,14-16H,4-5,10-12H2,1H3. The molecule has 0 amide bonds. The van der Waals surface area contributed by atoms with Gasteiger partial charge in [-0.25, -0.2) is 9.67 Å². The molecule has 1 aromatic carbocycles. The molecule has 5 rings (SSSR count). The predicted molar refractivity (Wildman–Crippen MR) is 111 cm³/mol. The van der Waals surface area contributed by atoms with Crippen LogP contribution < -0.4 is 0 Å².